The summed E-state index contributed by atoms with van der Waals surface area (Å²) in [6.45, 7) is 5.85. The van der Waals surface area contributed by atoms with Gasteiger partial charge in [-0.25, -0.2) is 0 Å². The van der Waals surface area contributed by atoms with E-state index in [4.69, 9.17) is 0 Å². The van der Waals surface area contributed by atoms with Gasteiger partial charge in [0.2, 0.25) is 5.91 Å². The van der Waals surface area contributed by atoms with E-state index in [2.05, 4.69) is 33.4 Å². The minimum absolute atomic E-state index is 0.0167. The lowest BCUT2D eigenvalue weighted by Gasteiger charge is -2.15. The monoisotopic (exact) mass is 269 g/mol. The van der Waals surface area contributed by atoms with E-state index in [1.807, 2.05) is 32.9 Å². The van der Waals surface area contributed by atoms with Crippen LogP contribution in [0.2, 0.25) is 0 Å². The second-order valence-electron chi connectivity index (χ2n) is 3.76. The minimum atomic E-state index is -0.148. The van der Waals surface area contributed by atoms with E-state index in [-0.39, 0.29) is 16.8 Å². The third-order valence-electron chi connectivity index (χ3n) is 2.30. The number of carbonyl (C=O) groups excluding carboxylic acids is 1. The molecule has 15 heavy (non-hydrogen) atoms. The summed E-state index contributed by atoms with van der Waals surface area (Å²) >= 11 is 3.24. The molecule has 2 atom stereocenters. The molecular formula is C12H16BrNO. The van der Waals surface area contributed by atoms with E-state index in [1.54, 1.807) is 0 Å². The first kappa shape index (κ1) is 12.2. The van der Waals surface area contributed by atoms with Crippen molar-refractivity contribution in [3.63, 3.8) is 0 Å². The Morgan fingerprint density at radius 2 is 1.80 bits per heavy atom. The van der Waals surface area contributed by atoms with Crippen molar-refractivity contribution in [1.82, 2.24) is 5.32 Å². The standard InChI is InChI=1S/C12H16BrNO/c1-8-4-6-11(7-5-8)10(3)14-12(15)9(2)13/h4-7,9-10H,1-3H3,(H,14,15). The van der Waals surface area contributed by atoms with Crippen LogP contribution < -0.4 is 5.32 Å². The van der Waals surface area contributed by atoms with Gasteiger partial charge in [0.25, 0.3) is 0 Å². The van der Waals surface area contributed by atoms with Crippen molar-refractivity contribution >= 4 is 21.8 Å². The summed E-state index contributed by atoms with van der Waals surface area (Å²) in [5.74, 6) is 0.0167. The van der Waals surface area contributed by atoms with Crippen LogP contribution in [0.1, 0.15) is 31.0 Å². The van der Waals surface area contributed by atoms with Gasteiger partial charge in [0.15, 0.2) is 0 Å². The van der Waals surface area contributed by atoms with Gasteiger partial charge in [0.05, 0.1) is 10.9 Å². The van der Waals surface area contributed by atoms with E-state index in [0.717, 1.165) is 5.56 Å². The van der Waals surface area contributed by atoms with Gasteiger partial charge in [0.1, 0.15) is 0 Å². The van der Waals surface area contributed by atoms with E-state index in [1.165, 1.54) is 5.56 Å². The zero-order chi connectivity index (χ0) is 11.4. The number of alkyl halides is 1. The highest BCUT2D eigenvalue weighted by molar-refractivity contribution is 9.10. The molecule has 0 spiro atoms. The molecule has 1 aromatic rings. The first-order chi connectivity index (χ1) is 7.00. The van der Waals surface area contributed by atoms with E-state index in [0.29, 0.717) is 0 Å². The van der Waals surface area contributed by atoms with Crippen LogP contribution in [-0.2, 0) is 4.79 Å². The van der Waals surface area contributed by atoms with Gasteiger partial charge in [-0.05, 0) is 26.3 Å². The Morgan fingerprint density at radius 3 is 2.27 bits per heavy atom. The maximum atomic E-state index is 11.4. The number of hydrogen-bond acceptors (Lipinski definition) is 1. The summed E-state index contributed by atoms with van der Waals surface area (Å²) in [5, 5.41) is 2.93. The molecule has 0 aliphatic rings. The number of carbonyl (C=O) groups is 1. The number of rotatable bonds is 3. The summed E-state index contributed by atoms with van der Waals surface area (Å²) < 4.78 is 0. The number of halogens is 1. The molecule has 1 N–H and O–H groups in total. The predicted molar refractivity (Wildman–Crippen MR) is 66.1 cm³/mol. The Morgan fingerprint density at radius 1 is 1.27 bits per heavy atom. The Labute approximate surface area is 99.2 Å². The van der Waals surface area contributed by atoms with Crippen molar-refractivity contribution in [3.8, 4) is 0 Å². The molecule has 0 aromatic heterocycles. The summed E-state index contributed by atoms with van der Waals surface area (Å²) in [6.07, 6.45) is 0. The third-order valence-corrected chi connectivity index (χ3v) is 2.71. The fourth-order valence-corrected chi connectivity index (χ4v) is 1.40. The maximum Gasteiger partial charge on any atom is 0.233 e. The zero-order valence-corrected chi connectivity index (χ0v) is 10.8. The molecule has 2 unspecified atom stereocenters. The lowest BCUT2D eigenvalue weighted by atomic mass is 10.1. The van der Waals surface area contributed by atoms with Crippen LogP contribution in [-0.4, -0.2) is 10.7 Å². The van der Waals surface area contributed by atoms with Crippen molar-refractivity contribution in [3.05, 3.63) is 35.4 Å². The third kappa shape index (κ3) is 3.67. The molecule has 1 amide bonds. The van der Waals surface area contributed by atoms with Crippen LogP contribution in [0.4, 0.5) is 0 Å². The quantitative estimate of drug-likeness (QED) is 0.840. The molecular weight excluding hydrogens is 254 g/mol. The Hall–Kier alpha value is -0.830. The van der Waals surface area contributed by atoms with Crippen LogP contribution in [0.3, 0.4) is 0 Å². The average Bonchev–Trinajstić information content (AvgIpc) is 2.18. The van der Waals surface area contributed by atoms with E-state index in [9.17, 15) is 4.79 Å². The highest BCUT2D eigenvalue weighted by atomic mass is 79.9. The van der Waals surface area contributed by atoms with Gasteiger partial charge in [-0.1, -0.05) is 45.8 Å². The van der Waals surface area contributed by atoms with Crippen molar-refractivity contribution in [2.24, 2.45) is 0 Å². The normalized spacial score (nSPS) is 14.4. The summed E-state index contributed by atoms with van der Waals surface area (Å²) in [6, 6.07) is 8.24. The highest BCUT2D eigenvalue weighted by Crippen LogP contribution is 2.13. The van der Waals surface area contributed by atoms with Crippen LogP contribution in [0, 0.1) is 6.92 Å². The molecule has 0 radical (unpaired) electrons. The molecule has 3 heteroatoms. The molecule has 0 fully saturated rings. The molecule has 0 aliphatic heterocycles. The number of hydrogen-bond donors (Lipinski definition) is 1. The molecule has 0 saturated heterocycles. The minimum Gasteiger partial charge on any atom is -0.349 e. The van der Waals surface area contributed by atoms with Crippen molar-refractivity contribution in [1.29, 1.82) is 0 Å². The lowest BCUT2D eigenvalue weighted by Crippen LogP contribution is -2.31. The fourth-order valence-electron chi connectivity index (χ4n) is 1.27. The molecule has 2 nitrogen and oxygen atoms in total. The molecule has 1 aromatic carbocycles. The van der Waals surface area contributed by atoms with E-state index < -0.39 is 0 Å². The highest BCUT2D eigenvalue weighted by Gasteiger charge is 2.12. The Balaban J connectivity index is 2.65. The van der Waals surface area contributed by atoms with Crippen molar-refractivity contribution in [2.75, 3.05) is 0 Å². The first-order valence-corrected chi connectivity index (χ1v) is 5.93. The molecule has 0 saturated carbocycles. The molecule has 0 aliphatic carbocycles. The summed E-state index contributed by atoms with van der Waals surface area (Å²) in [5.41, 5.74) is 2.35. The average molecular weight is 270 g/mol. The molecule has 82 valence electrons. The largest absolute Gasteiger partial charge is 0.349 e. The maximum absolute atomic E-state index is 11.4. The number of nitrogens with one attached hydrogen (secondary N) is 1. The van der Waals surface area contributed by atoms with Gasteiger partial charge in [0, 0.05) is 0 Å². The SMILES string of the molecule is Cc1ccc(C(C)NC(=O)C(C)Br)cc1. The van der Waals surface area contributed by atoms with Crippen LogP contribution in [0.5, 0.6) is 0 Å². The Kier molecular flexibility index (Phi) is 4.33. The van der Waals surface area contributed by atoms with Crippen molar-refractivity contribution in [2.45, 2.75) is 31.6 Å². The van der Waals surface area contributed by atoms with Crippen LogP contribution in [0.25, 0.3) is 0 Å². The van der Waals surface area contributed by atoms with Gasteiger partial charge in [-0.2, -0.15) is 0 Å². The number of amides is 1. The number of benzene rings is 1. The van der Waals surface area contributed by atoms with Gasteiger partial charge < -0.3 is 5.32 Å². The second kappa shape index (κ2) is 5.31. The van der Waals surface area contributed by atoms with Gasteiger partial charge in [-0.15, -0.1) is 0 Å². The lowest BCUT2D eigenvalue weighted by molar-refractivity contribution is -0.120. The summed E-state index contributed by atoms with van der Waals surface area (Å²) in [7, 11) is 0. The fraction of sp³-hybridized carbons (Fsp3) is 0.417. The molecule has 0 heterocycles. The van der Waals surface area contributed by atoms with Crippen LogP contribution >= 0.6 is 15.9 Å². The number of aryl methyl sites for hydroxylation is 1. The van der Waals surface area contributed by atoms with Gasteiger partial charge >= 0.3 is 0 Å². The molecule has 1 rings (SSSR count). The topological polar surface area (TPSA) is 29.1 Å². The van der Waals surface area contributed by atoms with Gasteiger partial charge in [-0.3, -0.25) is 4.79 Å². The second-order valence-corrected chi connectivity index (χ2v) is 5.13. The smallest absolute Gasteiger partial charge is 0.233 e. The van der Waals surface area contributed by atoms with Crippen molar-refractivity contribution < 1.29 is 4.79 Å². The molecule has 0 bridgehead atoms. The first-order valence-electron chi connectivity index (χ1n) is 5.01. The summed E-state index contributed by atoms with van der Waals surface area (Å²) in [4.78, 5) is 11.3. The van der Waals surface area contributed by atoms with E-state index >= 15 is 0 Å². The zero-order valence-electron chi connectivity index (χ0n) is 9.25. The van der Waals surface area contributed by atoms with Crippen LogP contribution in [0.15, 0.2) is 24.3 Å². The Bertz CT molecular complexity index is 332. The predicted octanol–water partition coefficient (Wildman–Crippen LogP) is 2.96.